The standard InChI is InChI=1S/C32H36FN3O4S/c1-18-6-4-9-24(19(18)2)35-30(38)28-32-15-14-25(40-32)26(29(37)34-22-7-5-8-23(16-22)41-3)27(32)31(39)36(28)17-20-10-12-21(33)13-11-20/h5,7-8,10-16,18-19,24-28H,4,6,9,17H2,1-3H3,(H,34,37)(H,35,38)/t18-,19+,24+,25-,26+,27-,28-,32-/m0/s1. The summed E-state index contributed by atoms with van der Waals surface area (Å²) >= 11 is 1.57. The molecule has 7 nitrogen and oxygen atoms in total. The number of amides is 3. The summed E-state index contributed by atoms with van der Waals surface area (Å²) in [7, 11) is 0. The van der Waals surface area contributed by atoms with Gasteiger partial charge in [0.25, 0.3) is 0 Å². The summed E-state index contributed by atoms with van der Waals surface area (Å²) in [5, 5.41) is 6.25. The largest absolute Gasteiger partial charge is 0.359 e. The molecule has 216 valence electrons. The molecule has 2 saturated heterocycles. The summed E-state index contributed by atoms with van der Waals surface area (Å²) in [5.41, 5.74) is 0.0892. The van der Waals surface area contributed by atoms with Crippen LogP contribution in [0.4, 0.5) is 10.1 Å². The number of thioether (sulfide) groups is 1. The summed E-state index contributed by atoms with van der Waals surface area (Å²) in [5.74, 6) is -2.11. The summed E-state index contributed by atoms with van der Waals surface area (Å²) in [6, 6.07) is 12.5. The lowest BCUT2D eigenvalue weighted by Crippen LogP contribution is -2.57. The van der Waals surface area contributed by atoms with Crippen molar-refractivity contribution in [3.8, 4) is 0 Å². The Morgan fingerprint density at radius 1 is 1.12 bits per heavy atom. The molecule has 3 heterocycles. The third-order valence-corrected chi connectivity index (χ3v) is 10.3. The van der Waals surface area contributed by atoms with Crippen molar-refractivity contribution in [2.45, 2.75) is 68.3 Å². The average molecular weight is 578 g/mol. The number of hydrogen-bond acceptors (Lipinski definition) is 5. The van der Waals surface area contributed by atoms with Crippen molar-refractivity contribution in [1.29, 1.82) is 0 Å². The van der Waals surface area contributed by atoms with Gasteiger partial charge in [-0.1, -0.05) is 57.0 Å². The molecule has 2 bridgehead atoms. The van der Waals surface area contributed by atoms with Crippen LogP contribution in [0.1, 0.15) is 38.7 Å². The van der Waals surface area contributed by atoms with Crippen LogP contribution >= 0.6 is 11.8 Å². The van der Waals surface area contributed by atoms with Crippen molar-refractivity contribution in [1.82, 2.24) is 10.2 Å². The Hall–Kier alpha value is -3.17. The Morgan fingerprint density at radius 2 is 1.90 bits per heavy atom. The minimum absolute atomic E-state index is 0.00476. The number of anilines is 1. The number of nitrogens with one attached hydrogen (secondary N) is 2. The van der Waals surface area contributed by atoms with Gasteiger partial charge in [-0.2, -0.15) is 0 Å². The number of benzene rings is 2. The van der Waals surface area contributed by atoms with E-state index in [1.54, 1.807) is 23.9 Å². The fraction of sp³-hybridized carbons (Fsp3) is 0.469. The average Bonchev–Trinajstić information content (AvgIpc) is 3.60. The number of ether oxygens (including phenoxy) is 1. The van der Waals surface area contributed by atoms with E-state index in [0.29, 0.717) is 23.1 Å². The van der Waals surface area contributed by atoms with Crippen LogP contribution < -0.4 is 10.6 Å². The molecule has 3 fully saturated rings. The fourth-order valence-electron chi connectivity index (χ4n) is 7.20. The molecule has 2 aromatic carbocycles. The Labute approximate surface area is 244 Å². The highest BCUT2D eigenvalue weighted by Crippen LogP contribution is 2.55. The highest BCUT2D eigenvalue weighted by molar-refractivity contribution is 7.98. The van der Waals surface area contributed by atoms with Gasteiger partial charge in [0.1, 0.15) is 17.5 Å². The summed E-state index contributed by atoms with van der Waals surface area (Å²) in [6.45, 7) is 4.48. The van der Waals surface area contributed by atoms with E-state index < -0.39 is 29.6 Å². The van der Waals surface area contributed by atoms with E-state index in [9.17, 15) is 18.8 Å². The zero-order valence-corrected chi connectivity index (χ0v) is 24.3. The van der Waals surface area contributed by atoms with Crippen molar-refractivity contribution in [3.63, 3.8) is 0 Å². The molecule has 6 rings (SSSR count). The number of carbonyl (C=O) groups excluding carboxylic acids is 3. The van der Waals surface area contributed by atoms with Crippen LogP contribution in [-0.2, 0) is 25.7 Å². The third-order valence-electron chi connectivity index (χ3n) is 9.56. The van der Waals surface area contributed by atoms with Crippen LogP contribution in [0.5, 0.6) is 0 Å². The maximum absolute atomic E-state index is 14.2. The second-order valence-corrected chi connectivity index (χ2v) is 12.8. The molecule has 9 heteroatoms. The Morgan fingerprint density at radius 3 is 2.66 bits per heavy atom. The van der Waals surface area contributed by atoms with E-state index in [4.69, 9.17) is 4.74 Å². The van der Waals surface area contributed by atoms with Crippen LogP contribution in [0.25, 0.3) is 0 Å². The Balaban J connectivity index is 1.32. The first-order chi connectivity index (χ1) is 19.7. The van der Waals surface area contributed by atoms with Gasteiger partial charge in [-0.05, 0) is 60.4 Å². The van der Waals surface area contributed by atoms with Gasteiger partial charge in [-0.25, -0.2) is 4.39 Å². The predicted octanol–water partition coefficient (Wildman–Crippen LogP) is 4.78. The number of hydrogen-bond donors (Lipinski definition) is 2. The fourth-order valence-corrected chi connectivity index (χ4v) is 7.66. The van der Waals surface area contributed by atoms with Crippen LogP contribution in [0.15, 0.2) is 65.6 Å². The predicted molar refractivity (Wildman–Crippen MR) is 155 cm³/mol. The molecule has 3 amide bonds. The molecular formula is C32H36FN3O4S. The smallest absolute Gasteiger partial charge is 0.246 e. The van der Waals surface area contributed by atoms with Gasteiger partial charge in [0.15, 0.2) is 0 Å². The zero-order chi connectivity index (χ0) is 28.9. The number of carbonyl (C=O) groups is 3. The van der Waals surface area contributed by atoms with Gasteiger partial charge in [0.2, 0.25) is 17.7 Å². The molecule has 1 spiro atoms. The van der Waals surface area contributed by atoms with Gasteiger partial charge >= 0.3 is 0 Å². The molecule has 0 aromatic heterocycles. The van der Waals surface area contributed by atoms with Gasteiger partial charge in [-0.3, -0.25) is 14.4 Å². The number of halogens is 1. The first kappa shape index (κ1) is 28.0. The summed E-state index contributed by atoms with van der Waals surface area (Å²) < 4.78 is 20.1. The first-order valence-electron chi connectivity index (χ1n) is 14.4. The van der Waals surface area contributed by atoms with Gasteiger partial charge < -0.3 is 20.3 Å². The van der Waals surface area contributed by atoms with E-state index in [1.807, 2.05) is 42.7 Å². The molecular weight excluding hydrogens is 541 g/mol. The molecule has 4 aliphatic rings. The lowest BCUT2D eigenvalue weighted by molar-refractivity contribution is -0.142. The van der Waals surface area contributed by atoms with Gasteiger partial charge in [0, 0.05) is 23.2 Å². The van der Waals surface area contributed by atoms with E-state index in [-0.39, 0.29) is 36.1 Å². The first-order valence-corrected chi connectivity index (χ1v) is 15.6. The number of likely N-dealkylation sites (tertiary alicyclic amines) is 1. The molecule has 0 unspecified atom stereocenters. The molecule has 1 aliphatic carbocycles. The minimum atomic E-state index is -1.25. The van der Waals surface area contributed by atoms with Crippen LogP contribution in [0, 0.1) is 29.5 Å². The third kappa shape index (κ3) is 4.87. The van der Waals surface area contributed by atoms with Crippen LogP contribution in [0.3, 0.4) is 0 Å². The highest BCUT2D eigenvalue weighted by atomic mass is 32.2. The van der Waals surface area contributed by atoms with E-state index in [1.165, 1.54) is 17.0 Å². The Bertz CT molecular complexity index is 1380. The van der Waals surface area contributed by atoms with Crippen LogP contribution in [-0.4, -0.2) is 52.7 Å². The van der Waals surface area contributed by atoms with Crippen molar-refractivity contribution >= 4 is 35.2 Å². The molecule has 8 atom stereocenters. The Kier molecular flexibility index (Phi) is 7.44. The van der Waals surface area contributed by atoms with Crippen molar-refractivity contribution < 1.29 is 23.5 Å². The van der Waals surface area contributed by atoms with E-state index in [0.717, 1.165) is 24.2 Å². The SMILES string of the molecule is CSc1cccc(NC(=O)[C@@H]2[C@@H]3C=C[C@]4(O3)[C@@H]2C(=O)N(Cc2ccc(F)cc2)[C@H]4C(=O)N[C@@H]2CCC[C@H](C)[C@H]2C)c1. The quantitative estimate of drug-likeness (QED) is 0.366. The zero-order valence-electron chi connectivity index (χ0n) is 23.5. The monoisotopic (exact) mass is 577 g/mol. The molecule has 0 radical (unpaired) electrons. The van der Waals surface area contributed by atoms with Crippen molar-refractivity contribution in [2.24, 2.45) is 23.7 Å². The number of rotatable bonds is 7. The van der Waals surface area contributed by atoms with E-state index >= 15 is 0 Å². The summed E-state index contributed by atoms with van der Waals surface area (Å²) in [4.78, 5) is 44.6. The van der Waals surface area contributed by atoms with E-state index in [2.05, 4.69) is 24.5 Å². The lowest BCUT2D eigenvalue weighted by Gasteiger charge is -2.38. The van der Waals surface area contributed by atoms with Crippen LogP contribution in [0.2, 0.25) is 0 Å². The lowest BCUT2D eigenvalue weighted by atomic mass is 9.73. The summed E-state index contributed by atoms with van der Waals surface area (Å²) in [6.07, 6.45) is 8.04. The number of fused-ring (bicyclic) bond motifs is 1. The van der Waals surface area contributed by atoms with Crippen molar-refractivity contribution in [2.75, 3.05) is 11.6 Å². The van der Waals surface area contributed by atoms with Gasteiger partial charge in [0.05, 0.1) is 17.9 Å². The molecule has 41 heavy (non-hydrogen) atoms. The molecule has 2 N–H and O–H groups in total. The second kappa shape index (κ2) is 10.9. The molecule has 2 aromatic rings. The number of nitrogens with zero attached hydrogens (tertiary/aromatic N) is 1. The van der Waals surface area contributed by atoms with Crippen molar-refractivity contribution in [3.05, 3.63) is 72.1 Å². The second-order valence-electron chi connectivity index (χ2n) is 11.9. The molecule has 1 saturated carbocycles. The maximum atomic E-state index is 14.2. The maximum Gasteiger partial charge on any atom is 0.246 e. The normalized spacial score (nSPS) is 33.6. The van der Waals surface area contributed by atoms with Gasteiger partial charge in [-0.15, -0.1) is 11.8 Å². The highest BCUT2D eigenvalue weighted by Gasteiger charge is 2.72. The molecule has 3 aliphatic heterocycles. The minimum Gasteiger partial charge on any atom is -0.359 e. The topological polar surface area (TPSA) is 87.7 Å².